The highest BCUT2D eigenvalue weighted by atomic mass is 16.2. The Kier molecular flexibility index (Phi) is 5.38. The number of nitrogens with zero attached hydrogens (tertiary/aromatic N) is 6. The molecule has 1 aromatic heterocycles. The number of aromatic nitrogens is 2. The molecule has 0 saturated carbocycles. The maximum atomic E-state index is 13.0. The second kappa shape index (κ2) is 7.85. The zero-order valence-electron chi connectivity index (χ0n) is 18.0. The van der Waals surface area contributed by atoms with Crippen LogP contribution in [0.15, 0.2) is 12.4 Å². The SMILES string of the molecule is CC(C)CN1C(=O)N(C)C(=O)C12CCN(c1cncc(C(=O)N3CCCC3)n1)CC2. The van der Waals surface area contributed by atoms with Gasteiger partial charge in [0.15, 0.2) is 0 Å². The van der Waals surface area contributed by atoms with Crippen molar-refractivity contribution in [3.05, 3.63) is 18.1 Å². The molecular weight excluding hydrogens is 384 g/mol. The van der Waals surface area contributed by atoms with Gasteiger partial charge in [0.1, 0.15) is 17.1 Å². The van der Waals surface area contributed by atoms with Crippen molar-refractivity contribution in [2.45, 2.75) is 45.1 Å². The molecule has 0 radical (unpaired) electrons. The van der Waals surface area contributed by atoms with E-state index in [0.717, 1.165) is 25.9 Å². The Morgan fingerprint density at radius 3 is 2.40 bits per heavy atom. The molecule has 4 amide bonds. The van der Waals surface area contributed by atoms with E-state index in [-0.39, 0.29) is 23.8 Å². The molecule has 4 heterocycles. The predicted molar refractivity (Wildman–Crippen MR) is 111 cm³/mol. The van der Waals surface area contributed by atoms with Crippen molar-refractivity contribution in [3.63, 3.8) is 0 Å². The summed E-state index contributed by atoms with van der Waals surface area (Å²) in [5.41, 5.74) is -0.411. The van der Waals surface area contributed by atoms with Gasteiger partial charge in [-0.3, -0.25) is 19.5 Å². The third kappa shape index (κ3) is 3.40. The van der Waals surface area contributed by atoms with E-state index < -0.39 is 5.54 Å². The first-order valence-corrected chi connectivity index (χ1v) is 10.8. The Bertz CT molecular complexity index is 843. The van der Waals surface area contributed by atoms with Crippen LogP contribution in [0.25, 0.3) is 0 Å². The maximum absolute atomic E-state index is 13.0. The Labute approximate surface area is 177 Å². The molecule has 0 aromatic carbocycles. The fourth-order valence-electron chi connectivity index (χ4n) is 4.78. The topological polar surface area (TPSA) is 90.0 Å². The number of likely N-dealkylation sites (N-methyl/N-ethyl adjacent to an activating group) is 1. The van der Waals surface area contributed by atoms with Gasteiger partial charge in [0.25, 0.3) is 11.8 Å². The van der Waals surface area contributed by atoms with Crippen LogP contribution in [-0.4, -0.2) is 87.8 Å². The van der Waals surface area contributed by atoms with E-state index in [1.165, 1.54) is 11.1 Å². The van der Waals surface area contributed by atoms with Crippen LogP contribution in [0.5, 0.6) is 0 Å². The number of rotatable bonds is 4. The molecule has 162 valence electrons. The van der Waals surface area contributed by atoms with E-state index >= 15 is 0 Å². The lowest BCUT2D eigenvalue weighted by Gasteiger charge is -2.43. The zero-order chi connectivity index (χ0) is 21.5. The minimum absolute atomic E-state index is 0.0726. The first-order chi connectivity index (χ1) is 14.3. The Balaban J connectivity index is 1.50. The van der Waals surface area contributed by atoms with Gasteiger partial charge in [-0.1, -0.05) is 13.8 Å². The molecule has 3 aliphatic heterocycles. The number of hydrogen-bond acceptors (Lipinski definition) is 6. The van der Waals surface area contributed by atoms with Gasteiger partial charge in [0.05, 0.1) is 12.4 Å². The van der Waals surface area contributed by atoms with Crippen LogP contribution >= 0.6 is 0 Å². The molecule has 3 aliphatic rings. The maximum Gasteiger partial charge on any atom is 0.327 e. The van der Waals surface area contributed by atoms with Gasteiger partial charge in [-0.2, -0.15) is 0 Å². The van der Waals surface area contributed by atoms with Crippen LogP contribution in [0.4, 0.5) is 10.6 Å². The van der Waals surface area contributed by atoms with Crippen LogP contribution in [0.1, 0.15) is 50.0 Å². The molecule has 0 aliphatic carbocycles. The molecular formula is C21H30N6O3. The second-order valence-electron chi connectivity index (χ2n) is 8.93. The van der Waals surface area contributed by atoms with Crippen molar-refractivity contribution in [1.82, 2.24) is 24.7 Å². The van der Waals surface area contributed by atoms with Crippen molar-refractivity contribution in [1.29, 1.82) is 0 Å². The lowest BCUT2D eigenvalue weighted by Crippen LogP contribution is -2.57. The quantitative estimate of drug-likeness (QED) is 0.695. The molecule has 1 spiro atoms. The van der Waals surface area contributed by atoms with Crippen molar-refractivity contribution < 1.29 is 14.4 Å². The number of anilines is 1. The van der Waals surface area contributed by atoms with E-state index in [0.29, 0.717) is 44.0 Å². The minimum Gasteiger partial charge on any atom is -0.355 e. The smallest absolute Gasteiger partial charge is 0.327 e. The highest BCUT2D eigenvalue weighted by molar-refractivity contribution is 6.07. The third-order valence-electron chi connectivity index (χ3n) is 6.43. The van der Waals surface area contributed by atoms with Gasteiger partial charge in [-0.05, 0) is 31.6 Å². The average molecular weight is 415 g/mol. The van der Waals surface area contributed by atoms with E-state index in [9.17, 15) is 14.4 Å². The molecule has 9 nitrogen and oxygen atoms in total. The lowest BCUT2D eigenvalue weighted by molar-refractivity contribution is -0.133. The first kappa shape index (κ1) is 20.6. The summed E-state index contributed by atoms with van der Waals surface area (Å²) >= 11 is 0. The molecule has 3 fully saturated rings. The number of likely N-dealkylation sites (tertiary alicyclic amines) is 1. The molecule has 0 unspecified atom stereocenters. The monoisotopic (exact) mass is 414 g/mol. The number of urea groups is 1. The fourth-order valence-corrected chi connectivity index (χ4v) is 4.78. The molecule has 1 aromatic rings. The molecule has 0 N–H and O–H groups in total. The van der Waals surface area contributed by atoms with Gasteiger partial charge in [0, 0.05) is 39.8 Å². The summed E-state index contributed by atoms with van der Waals surface area (Å²) in [6.07, 6.45) is 6.33. The summed E-state index contributed by atoms with van der Waals surface area (Å²) in [6, 6.07) is -0.208. The number of carbonyl (C=O) groups excluding carboxylic acids is 3. The van der Waals surface area contributed by atoms with E-state index in [4.69, 9.17) is 0 Å². The number of amides is 4. The zero-order valence-corrected chi connectivity index (χ0v) is 18.0. The summed E-state index contributed by atoms with van der Waals surface area (Å²) in [7, 11) is 1.57. The standard InChI is InChI=1S/C21H30N6O3/c1-15(2)14-27-20(30)24(3)19(29)21(27)6-10-25(11-7-21)17-13-22-12-16(23-17)18(28)26-8-4-5-9-26/h12-13,15H,4-11,14H2,1-3H3. The highest BCUT2D eigenvalue weighted by Crippen LogP contribution is 2.38. The Morgan fingerprint density at radius 2 is 1.77 bits per heavy atom. The van der Waals surface area contributed by atoms with E-state index in [2.05, 4.69) is 28.7 Å². The molecule has 30 heavy (non-hydrogen) atoms. The van der Waals surface area contributed by atoms with Gasteiger partial charge < -0.3 is 14.7 Å². The summed E-state index contributed by atoms with van der Waals surface area (Å²) in [5.74, 6) is 0.742. The summed E-state index contributed by atoms with van der Waals surface area (Å²) in [4.78, 5) is 54.0. The van der Waals surface area contributed by atoms with Gasteiger partial charge in [-0.15, -0.1) is 0 Å². The van der Waals surface area contributed by atoms with Crippen LogP contribution in [0.2, 0.25) is 0 Å². The van der Waals surface area contributed by atoms with Crippen molar-refractivity contribution >= 4 is 23.7 Å². The molecule has 0 bridgehead atoms. The summed E-state index contributed by atoms with van der Waals surface area (Å²) in [5, 5.41) is 0. The van der Waals surface area contributed by atoms with Crippen LogP contribution in [0, 0.1) is 5.92 Å². The number of carbonyl (C=O) groups is 3. The van der Waals surface area contributed by atoms with Gasteiger partial charge in [0.2, 0.25) is 0 Å². The largest absolute Gasteiger partial charge is 0.355 e. The molecule has 0 atom stereocenters. The van der Waals surface area contributed by atoms with Crippen molar-refractivity contribution in [3.8, 4) is 0 Å². The average Bonchev–Trinajstić information content (AvgIpc) is 3.34. The van der Waals surface area contributed by atoms with Crippen LogP contribution in [-0.2, 0) is 4.79 Å². The molecule has 9 heteroatoms. The van der Waals surface area contributed by atoms with Crippen molar-refractivity contribution in [2.75, 3.05) is 44.7 Å². The van der Waals surface area contributed by atoms with Gasteiger partial charge in [-0.25, -0.2) is 9.78 Å². The fraction of sp³-hybridized carbons (Fsp3) is 0.667. The highest BCUT2D eigenvalue weighted by Gasteiger charge is 2.56. The van der Waals surface area contributed by atoms with Crippen LogP contribution in [0.3, 0.4) is 0 Å². The predicted octanol–water partition coefficient (Wildman–Crippen LogP) is 1.60. The van der Waals surface area contributed by atoms with Crippen LogP contribution < -0.4 is 4.90 Å². The normalized spacial score (nSPS) is 21.5. The molecule has 3 saturated heterocycles. The second-order valence-corrected chi connectivity index (χ2v) is 8.93. The molecule has 4 rings (SSSR count). The van der Waals surface area contributed by atoms with Crippen molar-refractivity contribution in [2.24, 2.45) is 5.92 Å². The summed E-state index contributed by atoms with van der Waals surface area (Å²) < 4.78 is 0. The Hall–Kier alpha value is -2.71. The lowest BCUT2D eigenvalue weighted by atomic mass is 9.85. The summed E-state index contributed by atoms with van der Waals surface area (Å²) in [6.45, 7) is 7.37. The third-order valence-corrected chi connectivity index (χ3v) is 6.43. The Morgan fingerprint density at radius 1 is 1.10 bits per heavy atom. The van der Waals surface area contributed by atoms with Gasteiger partial charge >= 0.3 is 6.03 Å². The van der Waals surface area contributed by atoms with E-state index in [1.54, 1.807) is 18.1 Å². The number of imide groups is 1. The minimum atomic E-state index is -0.775. The number of hydrogen-bond donors (Lipinski definition) is 0. The van der Waals surface area contributed by atoms with E-state index in [1.807, 2.05) is 4.90 Å². The first-order valence-electron chi connectivity index (χ1n) is 10.8. The number of piperidine rings is 1.